The highest BCUT2D eigenvalue weighted by atomic mass is 19.4. The third-order valence-electron chi connectivity index (χ3n) is 2.92. The summed E-state index contributed by atoms with van der Waals surface area (Å²) in [6, 6.07) is 13.3. The molecule has 0 N–H and O–H groups in total. The third-order valence-corrected chi connectivity index (χ3v) is 2.92. The molecular weight excluding hydrogens is 279 g/mol. The van der Waals surface area contributed by atoms with E-state index in [1.807, 2.05) is 0 Å². The van der Waals surface area contributed by atoms with Gasteiger partial charge in [0.05, 0.1) is 11.3 Å². The SMILES string of the molecule is C/C(=N/Oc1ccc[c]c1C)c1ccccc1C(F)(F)F. The molecule has 109 valence electrons. The van der Waals surface area contributed by atoms with Crippen molar-refractivity contribution in [1.82, 2.24) is 0 Å². The summed E-state index contributed by atoms with van der Waals surface area (Å²) in [6.07, 6.45) is -4.43. The minimum Gasteiger partial charge on any atom is -0.356 e. The van der Waals surface area contributed by atoms with Crippen molar-refractivity contribution in [3.8, 4) is 5.75 Å². The molecule has 1 radical (unpaired) electrons. The second-order valence-corrected chi connectivity index (χ2v) is 4.47. The molecule has 0 saturated heterocycles. The van der Waals surface area contributed by atoms with E-state index >= 15 is 0 Å². The number of hydrogen-bond acceptors (Lipinski definition) is 2. The zero-order valence-electron chi connectivity index (χ0n) is 11.5. The van der Waals surface area contributed by atoms with Crippen LogP contribution in [0.4, 0.5) is 13.2 Å². The van der Waals surface area contributed by atoms with E-state index < -0.39 is 11.7 Å². The molecule has 21 heavy (non-hydrogen) atoms. The molecule has 0 bridgehead atoms. The van der Waals surface area contributed by atoms with Gasteiger partial charge >= 0.3 is 6.18 Å². The molecule has 0 aliphatic carbocycles. The van der Waals surface area contributed by atoms with Crippen molar-refractivity contribution >= 4 is 5.71 Å². The average Bonchev–Trinajstić information content (AvgIpc) is 2.45. The maximum absolute atomic E-state index is 12.9. The number of nitrogens with zero attached hydrogens (tertiary/aromatic N) is 1. The van der Waals surface area contributed by atoms with Crippen LogP contribution in [-0.2, 0) is 6.18 Å². The molecule has 2 aromatic carbocycles. The van der Waals surface area contributed by atoms with Crippen LogP contribution in [0.25, 0.3) is 0 Å². The molecule has 0 aliphatic heterocycles. The van der Waals surface area contributed by atoms with E-state index in [0.29, 0.717) is 5.75 Å². The van der Waals surface area contributed by atoms with Crippen molar-refractivity contribution in [2.45, 2.75) is 20.0 Å². The molecule has 5 heteroatoms. The Morgan fingerprint density at radius 1 is 1.14 bits per heavy atom. The molecule has 0 atom stereocenters. The van der Waals surface area contributed by atoms with Gasteiger partial charge in [-0.1, -0.05) is 35.5 Å². The second-order valence-electron chi connectivity index (χ2n) is 4.47. The van der Waals surface area contributed by atoms with Crippen LogP contribution in [0, 0.1) is 13.0 Å². The fraction of sp³-hybridized carbons (Fsp3) is 0.188. The number of oxime groups is 1. The first-order valence-electron chi connectivity index (χ1n) is 6.25. The van der Waals surface area contributed by atoms with Crippen LogP contribution in [0.1, 0.15) is 23.6 Å². The minimum absolute atomic E-state index is 0.00237. The molecule has 0 amide bonds. The van der Waals surface area contributed by atoms with Crippen LogP contribution in [0.5, 0.6) is 5.75 Å². The Hall–Kier alpha value is -2.30. The van der Waals surface area contributed by atoms with Gasteiger partial charge in [0.25, 0.3) is 0 Å². The van der Waals surface area contributed by atoms with Crippen molar-refractivity contribution in [3.63, 3.8) is 0 Å². The number of benzene rings is 2. The predicted octanol–water partition coefficient (Wildman–Crippen LogP) is 4.62. The van der Waals surface area contributed by atoms with Crippen LogP contribution < -0.4 is 4.84 Å². The fourth-order valence-electron chi connectivity index (χ4n) is 1.82. The Morgan fingerprint density at radius 3 is 2.52 bits per heavy atom. The van der Waals surface area contributed by atoms with Gasteiger partial charge in [0.15, 0.2) is 5.75 Å². The van der Waals surface area contributed by atoms with Crippen LogP contribution in [0.3, 0.4) is 0 Å². The van der Waals surface area contributed by atoms with Gasteiger partial charge in [0.1, 0.15) is 0 Å². The second kappa shape index (κ2) is 5.99. The molecule has 0 spiro atoms. The molecular formula is C16H13F3NO. The standard InChI is InChI=1S/C16H13F3NO/c1-11-7-3-6-10-15(11)21-20-12(2)13-8-4-5-9-14(13)16(17,18)19/h3-6,8-10H,1-2H3/b20-12-. The molecule has 2 aromatic rings. The maximum atomic E-state index is 12.9. The normalized spacial score (nSPS) is 12.3. The van der Waals surface area contributed by atoms with Crippen LogP contribution in [0.2, 0.25) is 0 Å². The molecule has 0 saturated carbocycles. The Labute approximate surface area is 120 Å². The largest absolute Gasteiger partial charge is 0.417 e. The third kappa shape index (κ3) is 3.62. The predicted molar refractivity (Wildman–Crippen MR) is 74.3 cm³/mol. The Morgan fingerprint density at radius 2 is 1.86 bits per heavy atom. The maximum Gasteiger partial charge on any atom is 0.417 e. The lowest BCUT2D eigenvalue weighted by molar-refractivity contribution is -0.137. The van der Waals surface area contributed by atoms with Crippen molar-refractivity contribution in [2.24, 2.45) is 5.16 Å². The lowest BCUT2D eigenvalue weighted by atomic mass is 10.0. The summed E-state index contributed by atoms with van der Waals surface area (Å²) >= 11 is 0. The summed E-state index contributed by atoms with van der Waals surface area (Å²) in [5.74, 6) is 0.460. The first-order valence-corrected chi connectivity index (χ1v) is 6.25. The first kappa shape index (κ1) is 15.1. The number of halogens is 3. The molecule has 0 unspecified atom stereocenters. The Bertz CT molecular complexity index is 663. The summed E-state index contributed by atoms with van der Waals surface area (Å²) < 4.78 is 38.8. The van der Waals surface area contributed by atoms with Gasteiger partial charge in [-0.05, 0) is 32.0 Å². The first-order chi connectivity index (χ1) is 9.89. The summed E-state index contributed by atoms with van der Waals surface area (Å²) in [6.45, 7) is 3.26. The highest BCUT2D eigenvalue weighted by molar-refractivity contribution is 5.99. The monoisotopic (exact) mass is 292 g/mol. The minimum atomic E-state index is -4.43. The quantitative estimate of drug-likeness (QED) is 0.597. The smallest absolute Gasteiger partial charge is 0.356 e. The molecule has 2 rings (SSSR count). The van der Waals surface area contributed by atoms with Crippen molar-refractivity contribution in [2.75, 3.05) is 0 Å². The zero-order chi connectivity index (χ0) is 15.5. The zero-order valence-corrected chi connectivity index (χ0v) is 11.5. The number of alkyl halides is 3. The van der Waals surface area contributed by atoms with E-state index in [1.54, 1.807) is 25.1 Å². The van der Waals surface area contributed by atoms with Gasteiger partial charge < -0.3 is 4.84 Å². The highest BCUT2D eigenvalue weighted by Gasteiger charge is 2.33. The van der Waals surface area contributed by atoms with E-state index in [1.165, 1.54) is 25.1 Å². The van der Waals surface area contributed by atoms with Gasteiger partial charge in [0, 0.05) is 11.1 Å². The summed E-state index contributed by atoms with van der Waals surface area (Å²) in [5, 5.41) is 3.80. The van der Waals surface area contributed by atoms with E-state index in [-0.39, 0.29) is 11.3 Å². The summed E-state index contributed by atoms with van der Waals surface area (Å²) in [7, 11) is 0. The van der Waals surface area contributed by atoms with E-state index in [4.69, 9.17) is 4.84 Å². The number of hydrogen-bond donors (Lipinski definition) is 0. The molecule has 2 nitrogen and oxygen atoms in total. The van der Waals surface area contributed by atoms with E-state index in [2.05, 4.69) is 11.2 Å². The van der Waals surface area contributed by atoms with Crippen LogP contribution in [0.15, 0.2) is 47.6 Å². The number of rotatable bonds is 3. The van der Waals surface area contributed by atoms with Crippen molar-refractivity contribution in [1.29, 1.82) is 0 Å². The molecule has 0 aliphatic rings. The van der Waals surface area contributed by atoms with Crippen LogP contribution in [-0.4, -0.2) is 5.71 Å². The average molecular weight is 292 g/mol. The van der Waals surface area contributed by atoms with Gasteiger partial charge in [-0.25, -0.2) is 0 Å². The lowest BCUT2D eigenvalue weighted by Gasteiger charge is -2.12. The lowest BCUT2D eigenvalue weighted by Crippen LogP contribution is -2.12. The molecule has 0 aromatic heterocycles. The summed E-state index contributed by atoms with van der Waals surface area (Å²) in [4.78, 5) is 5.21. The van der Waals surface area contributed by atoms with Gasteiger partial charge in [-0.15, -0.1) is 0 Å². The molecule has 0 fully saturated rings. The van der Waals surface area contributed by atoms with Gasteiger partial charge in [-0.2, -0.15) is 13.2 Å². The van der Waals surface area contributed by atoms with E-state index in [0.717, 1.165) is 11.6 Å². The van der Waals surface area contributed by atoms with Crippen molar-refractivity contribution < 1.29 is 18.0 Å². The fourth-order valence-corrected chi connectivity index (χ4v) is 1.82. The van der Waals surface area contributed by atoms with Crippen molar-refractivity contribution in [3.05, 3.63) is 65.2 Å². The molecule has 0 heterocycles. The van der Waals surface area contributed by atoms with Gasteiger partial charge in [-0.3, -0.25) is 0 Å². The van der Waals surface area contributed by atoms with Crippen LogP contribution >= 0.6 is 0 Å². The van der Waals surface area contributed by atoms with Gasteiger partial charge in [0.2, 0.25) is 0 Å². The summed E-state index contributed by atoms with van der Waals surface area (Å²) in [5.41, 5.74) is 0.165. The van der Waals surface area contributed by atoms with E-state index in [9.17, 15) is 13.2 Å². The Balaban J connectivity index is 2.31. The Kier molecular flexibility index (Phi) is 4.31. The topological polar surface area (TPSA) is 21.6 Å². The number of aryl methyl sites for hydroxylation is 1. The highest BCUT2D eigenvalue weighted by Crippen LogP contribution is 2.32.